The van der Waals surface area contributed by atoms with Gasteiger partial charge in [-0.05, 0) is 25.5 Å². The first-order valence-corrected chi connectivity index (χ1v) is 7.67. The van der Waals surface area contributed by atoms with Gasteiger partial charge in [-0.3, -0.25) is 4.68 Å². The first kappa shape index (κ1) is 16.2. The molecule has 1 aromatic heterocycles. The molecule has 1 aromatic carbocycles. The molecule has 5 heteroatoms. The maximum atomic E-state index is 5.41. The Morgan fingerprint density at radius 3 is 2.68 bits per heavy atom. The summed E-state index contributed by atoms with van der Waals surface area (Å²) in [6, 6.07) is 7.91. The molecule has 0 spiro atoms. The van der Waals surface area contributed by atoms with E-state index < -0.39 is 0 Å². The zero-order chi connectivity index (χ0) is 15.9. The van der Waals surface area contributed by atoms with Crippen molar-refractivity contribution >= 4 is 5.82 Å². The molecule has 0 radical (unpaired) electrons. The molecule has 0 bridgehead atoms. The second kappa shape index (κ2) is 7.73. The van der Waals surface area contributed by atoms with E-state index >= 15 is 0 Å². The highest BCUT2D eigenvalue weighted by atomic mass is 16.5. The van der Waals surface area contributed by atoms with Gasteiger partial charge in [-0.2, -0.15) is 5.10 Å². The van der Waals surface area contributed by atoms with Crippen LogP contribution < -0.4 is 14.8 Å². The molecule has 1 heterocycles. The summed E-state index contributed by atoms with van der Waals surface area (Å²) in [5.41, 5.74) is 2.25. The van der Waals surface area contributed by atoms with Gasteiger partial charge in [-0.15, -0.1) is 0 Å². The Kier molecular flexibility index (Phi) is 5.69. The van der Waals surface area contributed by atoms with E-state index in [1.807, 2.05) is 18.2 Å². The van der Waals surface area contributed by atoms with E-state index in [2.05, 4.69) is 35.0 Å². The van der Waals surface area contributed by atoms with E-state index in [9.17, 15) is 0 Å². The molecule has 0 aliphatic carbocycles. The number of aryl methyl sites for hydroxylation is 2. The van der Waals surface area contributed by atoms with Gasteiger partial charge in [0.1, 0.15) is 17.3 Å². The smallest absolute Gasteiger partial charge is 0.148 e. The molecule has 120 valence electrons. The average molecular weight is 303 g/mol. The summed E-state index contributed by atoms with van der Waals surface area (Å²) in [5.74, 6) is 2.50. The van der Waals surface area contributed by atoms with Crippen LogP contribution in [0.3, 0.4) is 0 Å². The minimum atomic E-state index is 0.664. The second-order valence-corrected chi connectivity index (χ2v) is 5.28. The van der Waals surface area contributed by atoms with Crippen molar-refractivity contribution < 1.29 is 9.47 Å². The fourth-order valence-electron chi connectivity index (χ4n) is 2.31. The SMILES string of the molecule is CCCCn1nc(NCc2ccc(OC)cc2OC)cc1C. The molecule has 22 heavy (non-hydrogen) atoms. The van der Waals surface area contributed by atoms with Crippen LogP contribution in [0.5, 0.6) is 11.5 Å². The molecular formula is C17H25N3O2. The normalized spacial score (nSPS) is 10.5. The number of ether oxygens (including phenoxy) is 2. The Labute approximate surface area is 132 Å². The van der Waals surface area contributed by atoms with Crippen LogP contribution in [-0.2, 0) is 13.1 Å². The lowest BCUT2D eigenvalue weighted by Crippen LogP contribution is -2.05. The van der Waals surface area contributed by atoms with Crippen molar-refractivity contribution in [1.29, 1.82) is 0 Å². The Morgan fingerprint density at radius 1 is 1.18 bits per heavy atom. The van der Waals surface area contributed by atoms with E-state index in [0.29, 0.717) is 6.54 Å². The second-order valence-electron chi connectivity index (χ2n) is 5.28. The van der Waals surface area contributed by atoms with Crippen molar-refractivity contribution in [3.05, 3.63) is 35.5 Å². The number of benzene rings is 1. The number of nitrogens with one attached hydrogen (secondary N) is 1. The van der Waals surface area contributed by atoms with Crippen LogP contribution in [0.25, 0.3) is 0 Å². The molecule has 0 amide bonds. The van der Waals surface area contributed by atoms with E-state index in [1.54, 1.807) is 14.2 Å². The van der Waals surface area contributed by atoms with Gasteiger partial charge in [0.15, 0.2) is 0 Å². The molecule has 2 aromatic rings. The predicted molar refractivity (Wildman–Crippen MR) is 88.7 cm³/mol. The molecule has 1 N–H and O–H groups in total. The van der Waals surface area contributed by atoms with Gasteiger partial charge < -0.3 is 14.8 Å². The summed E-state index contributed by atoms with van der Waals surface area (Å²) in [6.07, 6.45) is 2.32. The molecule has 0 saturated heterocycles. The van der Waals surface area contributed by atoms with Crippen LogP contribution in [0.4, 0.5) is 5.82 Å². The van der Waals surface area contributed by atoms with Crippen molar-refractivity contribution in [2.24, 2.45) is 0 Å². The number of anilines is 1. The van der Waals surface area contributed by atoms with E-state index in [0.717, 1.165) is 35.8 Å². The minimum absolute atomic E-state index is 0.664. The molecule has 0 unspecified atom stereocenters. The molecule has 5 nitrogen and oxygen atoms in total. The highest BCUT2D eigenvalue weighted by Gasteiger charge is 2.07. The fraction of sp³-hybridized carbons (Fsp3) is 0.471. The van der Waals surface area contributed by atoms with Crippen molar-refractivity contribution in [1.82, 2.24) is 9.78 Å². The number of methoxy groups -OCH3 is 2. The summed E-state index contributed by atoms with van der Waals surface area (Å²) in [6.45, 7) is 5.91. The van der Waals surface area contributed by atoms with Gasteiger partial charge in [0.2, 0.25) is 0 Å². The summed E-state index contributed by atoms with van der Waals surface area (Å²) < 4.78 is 12.7. The van der Waals surface area contributed by atoms with Crippen LogP contribution in [-0.4, -0.2) is 24.0 Å². The average Bonchev–Trinajstić information content (AvgIpc) is 2.90. The zero-order valence-corrected chi connectivity index (χ0v) is 13.8. The van der Waals surface area contributed by atoms with Crippen molar-refractivity contribution in [3.8, 4) is 11.5 Å². The third kappa shape index (κ3) is 3.93. The largest absolute Gasteiger partial charge is 0.497 e. The molecular weight excluding hydrogens is 278 g/mol. The highest BCUT2D eigenvalue weighted by molar-refractivity contribution is 5.44. The summed E-state index contributed by atoms with van der Waals surface area (Å²) >= 11 is 0. The lowest BCUT2D eigenvalue weighted by Gasteiger charge is -2.10. The lowest BCUT2D eigenvalue weighted by molar-refractivity contribution is 0.391. The molecule has 0 fully saturated rings. The van der Waals surface area contributed by atoms with Crippen molar-refractivity contribution in [2.45, 2.75) is 39.8 Å². The number of nitrogens with zero attached hydrogens (tertiary/aromatic N) is 2. The molecule has 0 saturated carbocycles. The van der Waals surface area contributed by atoms with Crippen molar-refractivity contribution in [3.63, 3.8) is 0 Å². The summed E-state index contributed by atoms with van der Waals surface area (Å²) in [7, 11) is 3.32. The van der Waals surface area contributed by atoms with E-state index in [4.69, 9.17) is 9.47 Å². The van der Waals surface area contributed by atoms with Crippen LogP contribution in [0.15, 0.2) is 24.3 Å². The first-order valence-electron chi connectivity index (χ1n) is 7.67. The third-order valence-corrected chi connectivity index (χ3v) is 3.66. The topological polar surface area (TPSA) is 48.3 Å². The van der Waals surface area contributed by atoms with Gasteiger partial charge in [0, 0.05) is 36.5 Å². The first-order chi connectivity index (χ1) is 10.7. The maximum absolute atomic E-state index is 5.41. The fourth-order valence-corrected chi connectivity index (χ4v) is 2.31. The maximum Gasteiger partial charge on any atom is 0.148 e. The van der Waals surface area contributed by atoms with Gasteiger partial charge >= 0.3 is 0 Å². The molecule has 0 atom stereocenters. The monoisotopic (exact) mass is 303 g/mol. The molecule has 2 rings (SSSR count). The number of hydrogen-bond donors (Lipinski definition) is 1. The predicted octanol–water partition coefficient (Wildman–Crippen LogP) is 3.62. The quantitative estimate of drug-likeness (QED) is 0.809. The van der Waals surface area contributed by atoms with Gasteiger partial charge in [0.05, 0.1) is 14.2 Å². The molecule has 0 aliphatic heterocycles. The minimum Gasteiger partial charge on any atom is -0.497 e. The van der Waals surface area contributed by atoms with E-state index in [1.165, 1.54) is 12.1 Å². The number of unbranched alkanes of at least 4 members (excludes halogenated alkanes) is 1. The van der Waals surface area contributed by atoms with E-state index in [-0.39, 0.29) is 0 Å². The van der Waals surface area contributed by atoms with Crippen LogP contribution in [0.1, 0.15) is 31.0 Å². The Balaban J connectivity index is 2.03. The van der Waals surface area contributed by atoms with Gasteiger partial charge in [-0.25, -0.2) is 0 Å². The Morgan fingerprint density at radius 2 is 2.00 bits per heavy atom. The van der Waals surface area contributed by atoms with Crippen LogP contribution >= 0.6 is 0 Å². The third-order valence-electron chi connectivity index (χ3n) is 3.66. The highest BCUT2D eigenvalue weighted by Crippen LogP contribution is 2.25. The van der Waals surface area contributed by atoms with Crippen molar-refractivity contribution in [2.75, 3.05) is 19.5 Å². The van der Waals surface area contributed by atoms with Crippen LogP contribution in [0.2, 0.25) is 0 Å². The number of hydrogen-bond acceptors (Lipinski definition) is 4. The Hall–Kier alpha value is -2.17. The number of rotatable bonds is 8. The molecule has 0 aliphatic rings. The number of aromatic nitrogens is 2. The zero-order valence-electron chi connectivity index (χ0n) is 13.8. The Bertz CT molecular complexity index is 608. The van der Waals surface area contributed by atoms with Gasteiger partial charge in [-0.1, -0.05) is 13.3 Å². The van der Waals surface area contributed by atoms with Gasteiger partial charge in [0.25, 0.3) is 0 Å². The summed E-state index contributed by atoms with van der Waals surface area (Å²) in [5, 5.41) is 7.95. The van der Waals surface area contributed by atoms with Crippen LogP contribution in [0, 0.1) is 6.92 Å². The lowest BCUT2D eigenvalue weighted by atomic mass is 10.2. The standard InChI is InChI=1S/C17H25N3O2/c1-5-6-9-20-13(2)10-17(19-20)18-12-14-7-8-15(21-3)11-16(14)22-4/h7-8,10-11H,5-6,9,12H2,1-4H3,(H,18,19). The summed E-state index contributed by atoms with van der Waals surface area (Å²) in [4.78, 5) is 0.